The highest BCUT2D eigenvalue weighted by Crippen LogP contribution is 2.24. The molecule has 0 amide bonds. The van der Waals surface area contributed by atoms with E-state index < -0.39 is 19.0 Å². The number of aromatic nitrogens is 1. The molecule has 0 atom stereocenters. The fourth-order valence-corrected chi connectivity index (χ4v) is 0.760. The summed E-state index contributed by atoms with van der Waals surface area (Å²) in [5.41, 5.74) is 5.23. The summed E-state index contributed by atoms with van der Waals surface area (Å²) in [5.74, 6) is -4.13. The maximum atomic E-state index is 12.4. The van der Waals surface area contributed by atoms with Crippen molar-refractivity contribution in [3.05, 3.63) is 18.3 Å². The lowest BCUT2D eigenvalue weighted by Crippen LogP contribution is -2.33. The number of nitrogen functional groups attached to an aromatic ring is 1. The smallest absolute Gasteiger partial charge is 0.340 e. The van der Waals surface area contributed by atoms with Crippen molar-refractivity contribution in [2.24, 2.45) is 0 Å². The van der Waals surface area contributed by atoms with E-state index in [-0.39, 0.29) is 11.6 Å². The van der Waals surface area contributed by atoms with Gasteiger partial charge in [-0.25, -0.2) is 13.8 Å². The molecule has 7 heteroatoms. The Labute approximate surface area is 82.9 Å². The first-order valence-electron chi connectivity index (χ1n) is 3.92. The lowest BCUT2D eigenvalue weighted by Gasteiger charge is -2.15. The first-order chi connectivity index (χ1) is 6.92. The molecule has 0 radical (unpaired) electrons. The van der Waals surface area contributed by atoms with Gasteiger partial charge in [0.25, 0.3) is 0 Å². The van der Waals surface area contributed by atoms with Crippen LogP contribution in [0, 0.1) is 0 Å². The van der Waals surface area contributed by atoms with Crippen LogP contribution in [0.5, 0.6) is 5.75 Å². The Morgan fingerprint density at radius 2 is 2.13 bits per heavy atom. The van der Waals surface area contributed by atoms with Crippen LogP contribution in [0.15, 0.2) is 18.3 Å². The third kappa shape index (κ3) is 3.26. The topological polar surface area (TPSA) is 48.1 Å². The van der Waals surface area contributed by atoms with E-state index in [1.807, 2.05) is 0 Å². The molecule has 0 bridgehead atoms. The molecule has 1 heterocycles. The Morgan fingerprint density at radius 3 is 2.67 bits per heavy atom. The van der Waals surface area contributed by atoms with Crippen molar-refractivity contribution in [1.29, 1.82) is 0 Å². The van der Waals surface area contributed by atoms with E-state index >= 15 is 0 Å². The van der Waals surface area contributed by atoms with Gasteiger partial charge in [-0.15, -0.1) is 0 Å². The SMILES string of the molecule is Nc1cc(OCC(F)(F)C(F)F)ccn1. The second kappa shape index (κ2) is 4.33. The Bertz CT molecular complexity index is 332. The van der Waals surface area contributed by atoms with Gasteiger partial charge in [0.1, 0.15) is 11.6 Å². The average Bonchev–Trinajstić information content (AvgIpc) is 2.15. The van der Waals surface area contributed by atoms with Crippen molar-refractivity contribution >= 4 is 5.82 Å². The Kier molecular flexibility index (Phi) is 3.33. The number of halogens is 4. The summed E-state index contributed by atoms with van der Waals surface area (Å²) in [5, 5.41) is 0. The molecule has 0 saturated carbocycles. The van der Waals surface area contributed by atoms with Gasteiger partial charge in [-0.3, -0.25) is 0 Å². The van der Waals surface area contributed by atoms with Gasteiger partial charge in [-0.2, -0.15) is 8.78 Å². The monoisotopic (exact) mass is 224 g/mol. The minimum Gasteiger partial charge on any atom is -0.487 e. The molecular formula is C8H8F4N2O. The summed E-state index contributed by atoms with van der Waals surface area (Å²) in [4.78, 5) is 3.58. The molecule has 0 aliphatic heterocycles. The lowest BCUT2D eigenvalue weighted by molar-refractivity contribution is -0.148. The van der Waals surface area contributed by atoms with E-state index in [0.717, 1.165) is 0 Å². The van der Waals surface area contributed by atoms with E-state index in [9.17, 15) is 17.6 Å². The van der Waals surface area contributed by atoms with Crippen LogP contribution in [0.4, 0.5) is 23.4 Å². The molecule has 1 rings (SSSR count). The quantitative estimate of drug-likeness (QED) is 0.795. The fourth-order valence-electron chi connectivity index (χ4n) is 0.760. The van der Waals surface area contributed by atoms with Crippen molar-refractivity contribution in [2.45, 2.75) is 12.3 Å². The summed E-state index contributed by atoms with van der Waals surface area (Å²) in [6.45, 7) is -1.39. The van der Waals surface area contributed by atoms with Crippen molar-refractivity contribution in [3.63, 3.8) is 0 Å². The highest BCUT2D eigenvalue weighted by molar-refractivity contribution is 5.35. The minimum absolute atomic E-state index is 0.0252. The molecule has 0 saturated heterocycles. The first kappa shape index (κ1) is 11.5. The number of ether oxygens (including phenoxy) is 1. The number of alkyl halides is 4. The van der Waals surface area contributed by atoms with Gasteiger partial charge < -0.3 is 10.5 Å². The Hall–Kier alpha value is -1.53. The summed E-state index contributed by atoms with van der Waals surface area (Å²) in [6, 6.07) is 2.42. The molecule has 0 spiro atoms. The number of hydrogen-bond acceptors (Lipinski definition) is 3. The third-order valence-electron chi connectivity index (χ3n) is 1.50. The zero-order chi connectivity index (χ0) is 11.5. The zero-order valence-corrected chi connectivity index (χ0v) is 7.46. The summed E-state index contributed by atoms with van der Waals surface area (Å²) >= 11 is 0. The zero-order valence-electron chi connectivity index (χ0n) is 7.46. The largest absolute Gasteiger partial charge is 0.487 e. The molecular weight excluding hydrogens is 216 g/mol. The molecule has 0 aromatic carbocycles. The molecule has 15 heavy (non-hydrogen) atoms. The summed E-state index contributed by atoms with van der Waals surface area (Å²) < 4.78 is 52.7. The summed E-state index contributed by atoms with van der Waals surface area (Å²) in [7, 11) is 0. The number of anilines is 1. The molecule has 0 fully saturated rings. The van der Waals surface area contributed by atoms with Crippen LogP contribution >= 0.6 is 0 Å². The Morgan fingerprint density at radius 1 is 1.47 bits per heavy atom. The molecule has 1 aromatic heterocycles. The van der Waals surface area contributed by atoms with Crippen LogP contribution in [0.1, 0.15) is 0 Å². The molecule has 1 aromatic rings. The molecule has 3 nitrogen and oxygen atoms in total. The number of pyridine rings is 1. The second-order valence-electron chi connectivity index (χ2n) is 2.77. The van der Waals surface area contributed by atoms with Gasteiger partial charge in [0, 0.05) is 12.3 Å². The van der Waals surface area contributed by atoms with Crippen LogP contribution < -0.4 is 10.5 Å². The van der Waals surface area contributed by atoms with Gasteiger partial charge in [0.2, 0.25) is 0 Å². The Balaban J connectivity index is 2.57. The second-order valence-corrected chi connectivity index (χ2v) is 2.77. The van der Waals surface area contributed by atoms with Crippen molar-refractivity contribution in [1.82, 2.24) is 4.98 Å². The van der Waals surface area contributed by atoms with Gasteiger partial charge >= 0.3 is 12.3 Å². The average molecular weight is 224 g/mol. The normalized spacial score (nSPS) is 11.8. The van der Waals surface area contributed by atoms with E-state index in [0.29, 0.717) is 0 Å². The van der Waals surface area contributed by atoms with Crippen LogP contribution in [-0.2, 0) is 0 Å². The number of rotatable bonds is 4. The van der Waals surface area contributed by atoms with Crippen LogP contribution in [-0.4, -0.2) is 23.9 Å². The number of hydrogen-bond donors (Lipinski definition) is 1. The highest BCUT2D eigenvalue weighted by Gasteiger charge is 2.41. The lowest BCUT2D eigenvalue weighted by atomic mass is 10.3. The van der Waals surface area contributed by atoms with E-state index in [1.165, 1.54) is 18.3 Å². The maximum Gasteiger partial charge on any atom is 0.340 e. The predicted molar refractivity (Wildman–Crippen MR) is 45.1 cm³/mol. The van der Waals surface area contributed by atoms with Crippen LogP contribution in [0.3, 0.4) is 0 Å². The summed E-state index contributed by atoms with van der Waals surface area (Å²) in [6.07, 6.45) is -2.53. The molecule has 0 aliphatic rings. The first-order valence-corrected chi connectivity index (χ1v) is 3.92. The molecule has 0 unspecified atom stereocenters. The molecule has 84 valence electrons. The van der Waals surface area contributed by atoms with E-state index in [1.54, 1.807) is 0 Å². The molecule has 0 aliphatic carbocycles. The van der Waals surface area contributed by atoms with Crippen molar-refractivity contribution < 1.29 is 22.3 Å². The van der Waals surface area contributed by atoms with Gasteiger partial charge in [0.05, 0.1) is 0 Å². The van der Waals surface area contributed by atoms with Gasteiger partial charge in [-0.1, -0.05) is 0 Å². The fraction of sp³-hybridized carbons (Fsp3) is 0.375. The highest BCUT2D eigenvalue weighted by atomic mass is 19.3. The van der Waals surface area contributed by atoms with Crippen LogP contribution in [0.2, 0.25) is 0 Å². The van der Waals surface area contributed by atoms with Crippen molar-refractivity contribution in [3.8, 4) is 5.75 Å². The number of nitrogens with zero attached hydrogens (tertiary/aromatic N) is 1. The van der Waals surface area contributed by atoms with Gasteiger partial charge in [0.15, 0.2) is 6.61 Å². The molecule has 2 N–H and O–H groups in total. The van der Waals surface area contributed by atoms with Crippen molar-refractivity contribution in [2.75, 3.05) is 12.3 Å². The van der Waals surface area contributed by atoms with E-state index in [4.69, 9.17) is 5.73 Å². The number of nitrogens with two attached hydrogens (primary N) is 1. The predicted octanol–water partition coefficient (Wildman–Crippen LogP) is 1.94. The minimum atomic E-state index is -4.17. The van der Waals surface area contributed by atoms with E-state index in [2.05, 4.69) is 9.72 Å². The third-order valence-corrected chi connectivity index (χ3v) is 1.50. The maximum absolute atomic E-state index is 12.4. The van der Waals surface area contributed by atoms with Gasteiger partial charge in [-0.05, 0) is 6.07 Å². The van der Waals surface area contributed by atoms with Crippen LogP contribution in [0.25, 0.3) is 0 Å². The standard InChI is InChI=1S/C8H8F4N2O/c9-7(10)8(11,12)4-15-5-1-2-14-6(13)3-5/h1-3,7H,4H2,(H2,13,14).